The molecule has 0 radical (unpaired) electrons. The van der Waals surface area contributed by atoms with Crippen molar-refractivity contribution in [3.63, 3.8) is 0 Å². The first-order chi connectivity index (χ1) is 8.27. The lowest BCUT2D eigenvalue weighted by molar-refractivity contribution is 0.266. The Kier molecular flexibility index (Phi) is 4.02. The van der Waals surface area contributed by atoms with E-state index in [9.17, 15) is 5.11 Å². The highest BCUT2D eigenvalue weighted by atomic mass is 16.3. The van der Waals surface area contributed by atoms with E-state index in [1.54, 1.807) is 0 Å². The van der Waals surface area contributed by atoms with Crippen LogP contribution in [0, 0.1) is 0 Å². The molecule has 2 unspecified atom stereocenters. The predicted molar refractivity (Wildman–Crippen MR) is 71.1 cm³/mol. The minimum atomic E-state index is 0.0890. The summed E-state index contributed by atoms with van der Waals surface area (Å²) in [5.74, 6) is 0. The van der Waals surface area contributed by atoms with E-state index >= 15 is 0 Å². The molecule has 1 saturated heterocycles. The Hall–Kier alpha value is -1.06. The first kappa shape index (κ1) is 12.4. The van der Waals surface area contributed by atoms with Crippen LogP contribution in [0.1, 0.15) is 37.8 Å². The monoisotopic (exact) mass is 234 g/mol. The van der Waals surface area contributed by atoms with Crippen molar-refractivity contribution < 1.29 is 5.11 Å². The average molecular weight is 234 g/mol. The minimum Gasteiger partial charge on any atom is -0.394 e. The largest absolute Gasteiger partial charge is 0.394 e. The summed E-state index contributed by atoms with van der Waals surface area (Å²) < 4.78 is 0. The van der Waals surface area contributed by atoms with Crippen LogP contribution in [0.25, 0.3) is 0 Å². The van der Waals surface area contributed by atoms with Gasteiger partial charge in [0.2, 0.25) is 0 Å². The molecule has 1 aromatic carbocycles. The lowest BCUT2D eigenvalue weighted by Gasteiger charge is -2.29. The van der Waals surface area contributed by atoms with Gasteiger partial charge in [-0.2, -0.15) is 0 Å². The summed E-state index contributed by atoms with van der Waals surface area (Å²) in [5.41, 5.74) is 8.57. The lowest BCUT2D eigenvalue weighted by atomic mass is 10.0. The molecule has 94 valence electrons. The summed E-state index contributed by atoms with van der Waals surface area (Å²) in [6.45, 7) is 3.36. The normalized spacial score (nSPS) is 21.8. The molecule has 0 aromatic heterocycles. The fraction of sp³-hybridized carbons (Fsp3) is 0.571. The van der Waals surface area contributed by atoms with Gasteiger partial charge in [0.05, 0.1) is 12.6 Å². The summed E-state index contributed by atoms with van der Waals surface area (Å²) in [4.78, 5) is 2.31. The van der Waals surface area contributed by atoms with Gasteiger partial charge in [0, 0.05) is 18.3 Å². The Morgan fingerprint density at radius 2 is 2.24 bits per heavy atom. The number of rotatable bonds is 4. The highest BCUT2D eigenvalue weighted by Gasteiger charge is 2.26. The highest BCUT2D eigenvalue weighted by Crippen LogP contribution is 2.31. The van der Waals surface area contributed by atoms with Crippen molar-refractivity contribution in [2.75, 3.05) is 18.1 Å². The third-order valence-electron chi connectivity index (χ3n) is 3.67. The van der Waals surface area contributed by atoms with Crippen LogP contribution in [0.15, 0.2) is 24.3 Å². The van der Waals surface area contributed by atoms with Gasteiger partial charge in [0.1, 0.15) is 0 Å². The number of aliphatic hydroxyl groups excluding tert-OH is 1. The van der Waals surface area contributed by atoms with E-state index in [2.05, 4.69) is 24.0 Å². The molecule has 3 N–H and O–H groups in total. The molecule has 0 spiro atoms. The highest BCUT2D eigenvalue weighted by molar-refractivity contribution is 5.56. The van der Waals surface area contributed by atoms with Crippen molar-refractivity contribution in [1.29, 1.82) is 0 Å². The molecule has 2 atom stereocenters. The standard InChI is InChI=1S/C14H22N2O/c1-2-13(15)12-7-3-4-8-14(12)16-9-5-6-11(16)10-17/h3-4,7-8,11,13,17H,2,5-6,9-10,15H2,1H3. The van der Waals surface area contributed by atoms with Crippen molar-refractivity contribution in [3.8, 4) is 0 Å². The van der Waals surface area contributed by atoms with Gasteiger partial charge < -0.3 is 15.7 Å². The van der Waals surface area contributed by atoms with Crippen molar-refractivity contribution in [2.45, 2.75) is 38.3 Å². The zero-order valence-corrected chi connectivity index (χ0v) is 10.5. The number of hydrogen-bond acceptors (Lipinski definition) is 3. The summed E-state index contributed by atoms with van der Waals surface area (Å²) >= 11 is 0. The number of hydrogen-bond donors (Lipinski definition) is 2. The molecule has 1 aromatic rings. The summed E-state index contributed by atoms with van der Waals surface area (Å²) in [7, 11) is 0. The quantitative estimate of drug-likeness (QED) is 0.838. The van der Waals surface area contributed by atoms with Gasteiger partial charge in [-0.25, -0.2) is 0 Å². The van der Waals surface area contributed by atoms with Gasteiger partial charge in [-0.05, 0) is 30.9 Å². The van der Waals surface area contributed by atoms with Crippen molar-refractivity contribution in [3.05, 3.63) is 29.8 Å². The van der Waals surface area contributed by atoms with E-state index in [-0.39, 0.29) is 18.7 Å². The third-order valence-corrected chi connectivity index (χ3v) is 3.67. The van der Waals surface area contributed by atoms with Crippen LogP contribution in [0.5, 0.6) is 0 Å². The van der Waals surface area contributed by atoms with Crippen LogP contribution in [0.2, 0.25) is 0 Å². The Morgan fingerprint density at radius 3 is 2.94 bits per heavy atom. The Morgan fingerprint density at radius 1 is 1.47 bits per heavy atom. The van der Waals surface area contributed by atoms with E-state index < -0.39 is 0 Å². The molecule has 2 rings (SSSR count). The maximum absolute atomic E-state index is 9.41. The molecule has 1 heterocycles. The van der Waals surface area contributed by atoms with Crippen LogP contribution in [-0.2, 0) is 0 Å². The van der Waals surface area contributed by atoms with Gasteiger partial charge in [-0.1, -0.05) is 25.1 Å². The SMILES string of the molecule is CCC(N)c1ccccc1N1CCCC1CO. The Labute approximate surface area is 103 Å². The molecule has 1 aliphatic heterocycles. The topological polar surface area (TPSA) is 49.5 Å². The second-order valence-electron chi connectivity index (χ2n) is 4.75. The second-order valence-corrected chi connectivity index (χ2v) is 4.75. The van der Waals surface area contributed by atoms with Crippen LogP contribution < -0.4 is 10.6 Å². The van der Waals surface area contributed by atoms with Gasteiger partial charge >= 0.3 is 0 Å². The number of aliphatic hydroxyl groups is 1. The molecule has 1 fully saturated rings. The summed E-state index contributed by atoms with van der Waals surface area (Å²) in [6, 6.07) is 8.67. The number of nitrogens with zero attached hydrogens (tertiary/aromatic N) is 1. The number of para-hydroxylation sites is 1. The maximum Gasteiger partial charge on any atom is 0.0635 e. The molecule has 0 bridgehead atoms. The number of benzene rings is 1. The molecule has 0 saturated carbocycles. The van der Waals surface area contributed by atoms with E-state index in [0.29, 0.717) is 0 Å². The summed E-state index contributed by atoms with van der Waals surface area (Å²) in [5, 5.41) is 9.41. The van der Waals surface area contributed by atoms with Crippen molar-refractivity contribution in [2.24, 2.45) is 5.73 Å². The molecule has 3 nitrogen and oxygen atoms in total. The van der Waals surface area contributed by atoms with Crippen molar-refractivity contribution >= 4 is 5.69 Å². The zero-order valence-electron chi connectivity index (χ0n) is 10.5. The third kappa shape index (κ3) is 2.45. The molecular weight excluding hydrogens is 212 g/mol. The maximum atomic E-state index is 9.41. The van der Waals surface area contributed by atoms with Gasteiger partial charge in [0.15, 0.2) is 0 Å². The minimum absolute atomic E-state index is 0.0890. The van der Waals surface area contributed by atoms with Gasteiger partial charge in [-0.15, -0.1) is 0 Å². The van der Waals surface area contributed by atoms with Crippen LogP contribution in [0.3, 0.4) is 0 Å². The van der Waals surface area contributed by atoms with Crippen molar-refractivity contribution in [1.82, 2.24) is 0 Å². The molecular formula is C14H22N2O. The van der Waals surface area contributed by atoms with Gasteiger partial charge in [0.25, 0.3) is 0 Å². The van der Waals surface area contributed by atoms with Crippen LogP contribution >= 0.6 is 0 Å². The fourth-order valence-corrected chi connectivity index (χ4v) is 2.63. The number of anilines is 1. The fourth-order valence-electron chi connectivity index (χ4n) is 2.63. The average Bonchev–Trinajstić information content (AvgIpc) is 2.86. The molecule has 1 aliphatic rings. The van der Waals surface area contributed by atoms with E-state index in [1.165, 1.54) is 11.3 Å². The van der Waals surface area contributed by atoms with E-state index in [1.807, 2.05) is 12.1 Å². The smallest absolute Gasteiger partial charge is 0.0635 e. The molecule has 3 heteroatoms. The van der Waals surface area contributed by atoms with Crippen LogP contribution in [0.4, 0.5) is 5.69 Å². The molecule has 0 aliphatic carbocycles. The Balaban J connectivity index is 2.31. The van der Waals surface area contributed by atoms with Gasteiger partial charge in [-0.3, -0.25) is 0 Å². The Bertz CT molecular complexity index is 367. The van der Waals surface area contributed by atoms with Crippen LogP contribution in [-0.4, -0.2) is 24.3 Å². The first-order valence-corrected chi connectivity index (χ1v) is 6.50. The molecule has 0 amide bonds. The predicted octanol–water partition coefficient (Wildman–Crippen LogP) is 2.06. The van der Waals surface area contributed by atoms with E-state index in [0.717, 1.165) is 25.8 Å². The first-order valence-electron chi connectivity index (χ1n) is 6.50. The zero-order chi connectivity index (χ0) is 12.3. The van der Waals surface area contributed by atoms with E-state index in [4.69, 9.17) is 5.73 Å². The molecule has 17 heavy (non-hydrogen) atoms. The summed E-state index contributed by atoms with van der Waals surface area (Å²) in [6.07, 6.45) is 3.17. The number of nitrogens with two attached hydrogens (primary N) is 1. The lowest BCUT2D eigenvalue weighted by Crippen LogP contribution is -2.33. The second kappa shape index (κ2) is 5.52.